The van der Waals surface area contributed by atoms with Crippen LogP contribution in [0.25, 0.3) is 0 Å². The van der Waals surface area contributed by atoms with Gasteiger partial charge in [0.2, 0.25) is 5.75 Å². The first kappa shape index (κ1) is 32.7. The number of hydrazine groups is 1. The molecule has 4 aromatic rings. The number of carbonyl (C=O) groups excluding carboxylic acids is 3. The minimum atomic E-state index is -0.665. The van der Waals surface area contributed by atoms with Crippen LogP contribution in [-0.4, -0.2) is 51.1 Å². The number of nitro groups is 1. The standard InChI is InChI=1S/C32H29FN4O9/c1-43-26-14-5-19(15-25(26)37(41)42)18-36(24-16-27(44-2)29(46-4)28(17-24)45-3)32(40)22-8-6-20(7-9-22)30(38)34-35-31(39)21-10-12-23(33)13-11-21/h5-17H,18H2,1-4H3,(H,34,38)(H,35,39). The molecule has 0 radical (unpaired) electrons. The Balaban J connectivity index is 1.63. The van der Waals surface area contributed by atoms with Crippen molar-refractivity contribution in [2.75, 3.05) is 33.3 Å². The summed E-state index contributed by atoms with van der Waals surface area (Å²) in [6, 6.07) is 17.8. The molecule has 0 aliphatic heterocycles. The maximum Gasteiger partial charge on any atom is 0.311 e. The Morgan fingerprint density at radius 2 is 1.22 bits per heavy atom. The van der Waals surface area contributed by atoms with Gasteiger partial charge in [-0.15, -0.1) is 0 Å². The van der Waals surface area contributed by atoms with Crippen LogP contribution in [0.1, 0.15) is 36.6 Å². The molecule has 0 heterocycles. The van der Waals surface area contributed by atoms with Crippen LogP contribution >= 0.6 is 0 Å². The van der Waals surface area contributed by atoms with Gasteiger partial charge in [-0.05, 0) is 60.2 Å². The van der Waals surface area contributed by atoms with E-state index < -0.39 is 28.5 Å². The maximum atomic E-state index is 14.0. The molecule has 4 aromatic carbocycles. The zero-order valence-electron chi connectivity index (χ0n) is 25.2. The van der Waals surface area contributed by atoms with Crippen LogP contribution in [0.3, 0.4) is 0 Å². The Labute approximate surface area is 262 Å². The second-order valence-corrected chi connectivity index (χ2v) is 9.53. The largest absolute Gasteiger partial charge is 0.493 e. The molecular formula is C32H29FN4O9. The van der Waals surface area contributed by atoms with Crippen molar-refractivity contribution in [2.45, 2.75) is 6.54 Å². The molecule has 0 spiro atoms. The molecule has 46 heavy (non-hydrogen) atoms. The van der Waals surface area contributed by atoms with Crippen LogP contribution in [-0.2, 0) is 6.54 Å². The summed E-state index contributed by atoms with van der Waals surface area (Å²) in [7, 11) is 5.60. The third kappa shape index (κ3) is 7.30. The van der Waals surface area contributed by atoms with Crippen molar-refractivity contribution in [3.05, 3.63) is 117 Å². The second kappa shape index (κ2) is 14.5. The average Bonchev–Trinajstić information content (AvgIpc) is 3.08. The van der Waals surface area contributed by atoms with E-state index in [1.54, 1.807) is 18.2 Å². The highest BCUT2D eigenvalue weighted by Gasteiger charge is 2.25. The highest BCUT2D eigenvalue weighted by molar-refractivity contribution is 6.07. The first-order valence-corrected chi connectivity index (χ1v) is 13.5. The lowest BCUT2D eigenvalue weighted by atomic mass is 10.1. The number of nitrogens with zero attached hydrogens (tertiary/aromatic N) is 2. The van der Waals surface area contributed by atoms with Crippen molar-refractivity contribution >= 4 is 29.1 Å². The fraction of sp³-hybridized carbons (Fsp3) is 0.156. The van der Waals surface area contributed by atoms with Gasteiger partial charge >= 0.3 is 5.69 Å². The molecule has 0 fully saturated rings. The number of amides is 3. The zero-order valence-corrected chi connectivity index (χ0v) is 25.2. The van der Waals surface area contributed by atoms with Gasteiger partial charge in [-0.3, -0.25) is 35.3 Å². The van der Waals surface area contributed by atoms with Crippen LogP contribution in [0.2, 0.25) is 0 Å². The smallest absolute Gasteiger partial charge is 0.311 e. The lowest BCUT2D eigenvalue weighted by molar-refractivity contribution is -0.385. The Hall–Kier alpha value is -6.18. The van der Waals surface area contributed by atoms with Gasteiger partial charge in [-0.25, -0.2) is 4.39 Å². The van der Waals surface area contributed by atoms with Crippen LogP contribution < -0.4 is 34.7 Å². The van der Waals surface area contributed by atoms with Crippen molar-refractivity contribution in [1.82, 2.24) is 10.9 Å². The van der Waals surface area contributed by atoms with Gasteiger partial charge in [-0.2, -0.15) is 0 Å². The molecule has 0 aliphatic rings. The Morgan fingerprint density at radius 3 is 1.70 bits per heavy atom. The van der Waals surface area contributed by atoms with Crippen molar-refractivity contribution < 1.29 is 42.6 Å². The number of nitro benzene ring substituents is 1. The molecule has 0 unspecified atom stereocenters. The molecule has 3 amide bonds. The SMILES string of the molecule is COc1ccc(CN(C(=O)c2ccc(C(=O)NNC(=O)c3ccc(F)cc3)cc2)c2cc(OC)c(OC)c(OC)c2)cc1[N+](=O)[O-]. The van der Waals surface area contributed by atoms with E-state index in [0.29, 0.717) is 17.0 Å². The van der Waals surface area contributed by atoms with E-state index in [1.807, 2.05) is 0 Å². The number of rotatable bonds is 11. The number of hydrogen-bond donors (Lipinski definition) is 2. The summed E-state index contributed by atoms with van der Waals surface area (Å²) in [4.78, 5) is 51.3. The number of anilines is 1. The normalized spacial score (nSPS) is 10.4. The summed E-state index contributed by atoms with van der Waals surface area (Å²) in [5.41, 5.74) is 5.41. The first-order valence-electron chi connectivity index (χ1n) is 13.5. The molecule has 0 saturated heterocycles. The van der Waals surface area contributed by atoms with Crippen LogP contribution in [0.15, 0.2) is 78.9 Å². The average molecular weight is 633 g/mol. The van der Waals surface area contributed by atoms with E-state index in [2.05, 4.69) is 10.9 Å². The maximum absolute atomic E-state index is 14.0. The predicted molar refractivity (Wildman–Crippen MR) is 164 cm³/mol. The third-order valence-corrected chi connectivity index (χ3v) is 6.78. The molecule has 238 valence electrons. The lowest BCUT2D eigenvalue weighted by Crippen LogP contribution is -2.41. The molecule has 0 aromatic heterocycles. The summed E-state index contributed by atoms with van der Waals surface area (Å²) in [5.74, 6) is -1.46. The van der Waals surface area contributed by atoms with Gasteiger partial charge in [0, 0.05) is 34.9 Å². The Morgan fingerprint density at radius 1 is 0.717 bits per heavy atom. The molecular weight excluding hydrogens is 603 g/mol. The number of nitrogens with one attached hydrogen (secondary N) is 2. The Bertz CT molecular complexity index is 1740. The molecule has 13 nitrogen and oxygen atoms in total. The minimum absolute atomic E-state index is 0.0575. The van der Waals surface area contributed by atoms with E-state index in [9.17, 15) is 28.9 Å². The number of halogens is 1. The van der Waals surface area contributed by atoms with Gasteiger partial charge < -0.3 is 23.8 Å². The van der Waals surface area contributed by atoms with E-state index in [1.165, 1.54) is 81.9 Å². The van der Waals surface area contributed by atoms with Gasteiger partial charge in [-0.1, -0.05) is 6.07 Å². The van der Waals surface area contributed by atoms with Crippen molar-refractivity contribution in [3.63, 3.8) is 0 Å². The van der Waals surface area contributed by atoms with Crippen molar-refractivity contribution in [2.24, 2.45) is 0 Å². The van der Waals surface area contributed by atoms with E-state index in [4.69, 9.17) is 18.9 Å². The fourth-order valence-corrected chi connectivity index (χ4v) is 4.44. The minimum Gasteiger partial charge on any atom is -0.493 e. The Kier molecular flexibility index (Phi) is 10.3. The first-order chi connectivity index (χ1) is 22.1. The quantitative estimate of drug-likeness (QED) is 0.177. The van der Waals surface area contributed by atoms with Gasteiger partial charge in [0.15, 0.2) is 17.2 Å². The van der Waals surface area contributed by atoms with E-state index in [0.717, 1.165) is 12.1 Å². The van der Waals surface area contributed by atoms with Crippen molar-refractivity contribution in [1.29, 1.82) is 0 Å². The number of carbonyl (C=O) groups is 3. The molecule has 0 bridgehead atoms. The number of hydrogen-bond acceptors (Lipinski definition) is 9. The predicted octanol–water partition coefficient (Wildman–Crippen LogP) is 4.69. The van der Waals surface area contributed by atoms with Crippen molar-refractivity contribution in [3.8, 4) is 23.0 Å². The van der Waals surface area contributed by atoms with Gasteiger partial charge in [0.05, 0.1) is 45.6 Å². The van der Waals surface area contributed by atoms with Crippen LogP contribution in [0.5, 0.6) is 23.0 Å². The molecule has 4 rings (SSSR count). The highest BCUT2D eigenvalue weighted by atomic mass is 19.1. The summed E-state index contributed by atoms with van der Waals surface area (Å²) in [5, 5.41) is 11.7. The van der Waals surface area contributed by atoms with Crippen LogP contribution in [0.4, 0.5) is 15.8 Å². The molecule has 0 atom stereocenters. The topological polar surface area (TPSA) is 159 Å². The van der Waals surface area contributed by atoms with Gasteiger partial charge in [0.1, 0.15) is 5.82 Å². The summed E-state index contributed by atoms with van der Waals surface area (Å²) >= 11 is 0. The number of ether oxygens (including phenoxy) is 4. The second-order valence-electron chi connectivity index (χ2n) is 9.53. The summed E-state index contributed by atoms with van der Waals surface area (Å²) in [6.45, 7) is -0.111. The molecule has 0 saturated carbocycles. The zero-order chi connectivity index (χ0) is 33.4. The number of benzene rings is 4. The van der Waals surface area contributed by atoms with E-state index >= 15 is 0 Å². The van der Waals surface area contributed by atoms with Gasteiger partial charge in [0.25, 0.3) is 17.7 Å². The fourth-order valence-electron chi connectivity index (χ4n) is 4.44. The lowest BCUT2D eigenvalue weighted by Gasteiger charge is -2.25. The monoisotopic (exact) mass is 632 g/mol. The molecule has 2 N–H and O–H groups in total. The molecule has 14 heteroatoms. The number of methoxy groups -OCH3 is 4. The third-order valence-electron chi connectivity index (χ3n) is 6.78. The van der Waals surface area contributed by atoms with Crippen LogP contribution in [0, 0.1) is 15.9 Å². The van der Waals surface area contributed by atoms with E-state index in [-0.39, 0.29) is 46.2 Å². The highest BCUT2D eigenvalue weighted by Crippen LogP contribution is 2.42. The summed E-state index contributed by atoms with van der Waals surface area (Å²) in [6.07, 6.45) is 0. The summed E-state index contributed by atoms with van der Waals surface area (Å²) < 4.78 is 34.6. The molecule has 0 aliphatic carbocycles.